The largest absolute Gasteiger partial charge is 0.465 e. The zero-order valence-corrected chi connectivity index (χ0v) is 12.7. The number of hydrogen-bond acceptors (Lipinski definition) is 5. The molecule has 0 unspecified atom stereocenters. The number of nitrogens with zero attached hydrogens (tertiary/aromatic N) is 3. The Kier molecular flexibility index (Phi) is 4.79. The summed E-state index contributed by atoms with van der Waals surface area (Å²) in [5.41, 5.74) is 1.34. The minimum absolute atomic E-state index is 0.0254. The molecule has 1 aliphatic rings. The zero-order chi connectivity index (χ0) is 16.3. The number of piperidine rings is 1. The Morgan fingerprint density at radius 1 is 1.55 bits per heavy atom. The van der Waals surface area contributed by atoms with Crippen LogP contribution in [0.1, 0.15) is 25.8 Å². The van der Waals surface area contributed by atoms with Gasteiger partial charge < -0.3 is 15.3 Å². The van der Waals surface area contributed by atoms with Crippen LogP contribution in [0.2, 0.25) is 0 Å². The van der Waals surface area contributed by atoms with Crippen LogP contribution in [0.5, 0.6) is 0 Å². The first-order valence-corrected chi connectivity index (χ1v) is 7.28. The molecular formula is C14H20N4O4. The quantitative estimate of drug-likeness (QED) is 0.650. The highest BCUT2D eigenvalue weighted by Gasteiger charge is 2.31. The molecule has 0 radical (unpaired) electrons. The minimum atomic E-state index is -1.07. The maximum Gasteiger partial charge on any atom is 0.404 e. The Bertz CT molecular complexity index is 578. The molecule has 0 saturated carbocycles. The van der Waals surface area contributed by atoms with Crippen molar-refractivity contribution in [3.05, 3.63) is 28.1 Å². The molecule has 0 aliphatic carbocycles. The summed E-state index contributed by atoms with van der Waals surface area (Å²) in [6, 6.07) is -0.237. The SMILES string of the molecule is CCc1cncc([N+](=O)[O-])c1N1C[C@H](C)C[C@H](NC(=O)O)C1. The summed E-state index contributed by atoms with van der Waals surface area (Å²) >= 11 is 0. The second kappa shape index (κ2) is 6.59. The number of nitrogens with one attached hydrogen (secondary N) is 1. The highest BCUT2D eigenvalue weighted by molar-refractivity contribution is 5.68. The van der Waals surface area contributed by atoms with Gasteiger partial charge in [-0.05, 0) is 18.8 Å². The van der Waals surface area contributed by atoms with Gasteiger partial charge >= 0.3 is 11.8 Å². The Labute approximate surface area is 128 Å². The Morgan fingerprint density at radius 2 is 2.27 bits per heavy atom. The fourth-order valence-corrected chi connectivity index (χ4v) is 3.06. The number of nitro groups is 1. The molecule has 1 aromatic heterocycles. The van der Waals surface area contributed by atoms with Gasteiger partial charge in [0.05, 0.1) is 4.92 Å². The molecule has 2 heterocycles. The summed E-state index contributed by atoms with van der Waals surface area (Å²) in [6.07, 6.45) is 3.18. The molecule has 1 aliphatic heterocycles. The fourth-order valence-electron chi connectivity index (χ4n) is 3.06. The molecule has 2 N–H and O–H groups in total. The van der Waals surface area contributed by atoms with Crippen molar-refractivity contribution in [3.63, 3.8) is 0 Å². The van der Waals surface area contributed by atoms with Crippen LogP contribution in [0.15, 0.2) is 12.4 Å². The number of amides is 1. The van der Waals surface area contributed by atoms with E-state index in [2.05, 4.69) is 10.3 Å². The third-order valence-corrected chi connectivity index (χ3v) is 3.86. The molecule has 1 saturated heterocycles. The number of carbonyl (C=O) groups is 1. The summed E-state index contributed by atoms with van der Waals surface area (Å²) in [5, 5.41) is 22.7. The lowest BCUT2D eigenvalue weighted by molar-refractivity contribution is -0.384. The van der Waals surface area contributed by atoms with E-state index in [-0.39, 0.29) is 17.6 Å². The predicted octanol–water partition coefficient (Wildman–Crippen LogP) is 2.03. The minimum Gasteiger partial charge on any atom is -0.465 e. The van der Waals surface area contributed by atoms with Crippen molar-refractivity contribution in [3.8, 4) is 0 Å². The van der Waals surface area contributed by atoms with E-state index in [9.17, 15) is 14.9 Å². The van der Waals surface area contributed by atoms with Crippen LogP contribution in [0.25, 0.3) is 0 Å². The number of pyridine rings is 1. The van der Waals surface area contributed by atoms with Gasteiger partial charge in [0.25, 0.3) is 0 Å². The standard InChI is InChI=1S/C14H20N4O4/c1-3-10-5-15-6-12(18(21)22)13(10)17-7-9(2)4-11(8-17)16-14(19)20/h5-6,9,11,16H,3-4,7-8H2,1-2H3,(H,19,20)/t9-,11+/m1/s1. The Morgan fingerprint density at radius 3 is 2.86 bits per heavy atom. The van der Waals surface area contributed by atoms with E-state index in [1.807, 2.05) is 18.7 Å². The molecule has 0 bridgehead atoms. The third-order valence-electron chi connectivity index (χ3n) is 3.86. The van der Waals surface area contributed by atoms with Gasteiger partial charge in [-0.15, -0.1) is 0 Å². The molecule has 0 spiro atoms. The van der Waals surface area contributed by atoms with E-state index in [1.165, 1.54) is 6.20 Å². The van der Waals surface area contributed by atoms with E-state index in [0.29, 0.717) is 25.2 Å². The number of carboxylic acid groups (broad SMARTS) is 1. The van der Waals surface area contributed by atoms with E-state index < -0.39 is 11.0 Å². The first kappa shape index (κ1) is 16.0. The average molecular weight is 308 g/mol. The second-order valence-electron chi connectivity index (χ2n) is 5.67. The molecular weight excluding hydrogens is 288 g/mol. The van der Waals surface area contributed by atoms with Gasteiger partial charge in [0.1, 0.15) is 11.9 Å². The van der Waals surface area contributed by atoms with Crippen molar-refractivity contribution in [2.75, 3.05) is 18.0 Å². The van der Waals surface area contributed by atoms with E-state index in [4.69, 9.17) is 5.11 Å². The summed E-state index contributed by atoms with van der Waals surface area (Å²) in [6.45, 7) is 5.02. The smallest absolute Gasteiger partial charge is 0.404 e. The number of anilines is 1. The molecule has 120 valence electrons. The molecule has 2 atom stereocenters. The van der Waals surface area contributed by atoms with Gasteiger partial charge in [0.2, 0.25) is 0 Å². The molecule has 2 rings (SSSR count). The lowest BCUT2D eigenvalue weighted by Gasteiger charge is -2.38. The monoisotopic (exact) mass is 308 g/mol. The highest BCUT2D eigenvalue weighted by Crippen LogP contribution is 2.34. The molecule has 1 fully saturated rings. The van der Waals surface area contributed by atoms with Gasteiger partial charge in [-0.25, -0.2) is 4.79 Å². The van der Waals surface area contributed by atoms with Crippen molar-refractivity contribution in [2.45, 2.75) is 32.7 Å². The molecule has 22 heavy (non-hydrogen) atoms. The van der Waals surface area contributed by atoms with Crippen LogP contribution >= 0.6 is 0 Å². The van der Waals surface area contributed by atoms with Gasteiger partial charge in [0, 0.05) is 30.9 Å². The predicted molar refractivity (Wildman–Crippen MR) is 81.2 cm³/mol. The number of aryl methyl sites for hydroxylation is 1. The summed E-state index contributed by atoms with van der Waals surface area (Å²) in [4.78, 5) is 27.6. The van der Waals surface area contributed by atoms with E-state index in [1.54, 1.807) is 6.20 Å². The van der Waals surface area contributed by atoms with Crippen LogP contribution in [0, 0.1) is 16.0 Å². The van der Waals surface area contributed by atoms with Gasteiger partial charge in [-0.3, -0.25) is 15.1 Å². The topological polar surface area (TPSA) is 109 Å². The highest BCUT2D eigenvalue weighted by atomic mass is 16.6. The van der Waals surface area contributed by atoms with Gasteiger partial charge in [-0.2, -0.15) is 0 Å². The maximum atomic E-state index is 11.3. The number of aromatic nitrogens is 1. The van der Waals surface area contributed by atoms with Gasteiger partial charge in [-0.1, -0.05) is 13.8 Å². The second-order valence-corrected chi connectivity index (χ2v) is 5.67. The molecule has 8 heteroatoms. The van der Waals surface area contributed by atoms with E-state index in [0.717, 1.165) is 12.0 Å². The first-order chi connectivity index (χ1) is 10.4. The van der Waals surface area contributed by atoms with Crippen LogP contribution in [-0.4, -0.2) is 40.2 Å². The van der Waals surface area contributed by atoms with Gasteiger partial charge in [0.15, 0.2) is 0 Å². The van der Waals surface area contributed by atoms with E-state index >= 15 is 0 Å². The van der Waals surface area contributed by atoms with Crippen LogP contribution in [0.4, 0.5) is 16.2 Å². The number of hydrogen-bond donors (Lipinski definition) is 2. The lowest BCUT2D eigenvalue weighted by Crippen LogP contribution is -2.50. The molecule has 8 nitrogen and oxygen atoms in total. The lowest BCUT2D eigenvalue weighted by atomic mass is 9.94. The van der Waals surface area contributed by atoms with Crippen molar-refractivity contribution < 1.29 is 14.8 Å². The average Bonchev–Trinajstić information content (AvgIpc) is 2.44. The van der Waals surface area contributed by atoms with Crippen molar-refractivity contribution >= 4 is 17.5 Å². The number of rotatable bonds is 4. The van der Waals surface area contributed by atoms with Crippen LogP contribution < -0.4 is 10.2 Å². The fraction of sp³-hybridized carbons (Fsp3) is 0.571. The summed E-state index contributed by atoms with van der Waals surface area (Å²) in [7, 11) is 0. The summed E-state index contributed by atoms with van der Waals surface area (Å²) < 4.78 is 0. The normalized spacial score (nSPS) is 21.5. The zero-order valence-electron chi connectivity index (χ0n) is 12.7. The molecule has 1 amide bonds. The Hall–Kier alpha value is -2.38. The van der Waals surface area contributed by atoms with Crippen molar-refractivity contribution in [1.82, 2.24) is 10.3 Å². The molecule has 0 aromatic carbocycles. The first-order valence-electron chi connectivity index (χ1n) is 7.28. The summed E-state index contributed by atoms with van der Waals surface area (Å²) in [5.74, 6) is 0.239. The maximum absolute atomic E-state index is 11.3. The van der Waals surface area contributed by atoms with Crippen molar-refractivity contribution in [1.29, 1.82) is 0 Å². The van der Waals surface area contributed by atoms with Crippen LogP contribution in [-0.2, 0) is 6.42 Å². The Balaban J connectivity index is 2.37. The molecule has 1 aromatic rings. The third kappa shape index (κ3) is 3.44. The van der Waals surface area contributed by atoms with Crippen LogP contribution in [0.3, 0.4) is 0 Å². The van der Waals surface area contributed by atoms with Crippen molar-refractivity contribution in [2.24, 2.45) is 5.92 Å².